The summed E-state index contributed by atoms with van der Waals surface area (Å²) in [5.41, 5.74) is -0.629. The van der Waals surface area contributed by atoms with E-state index in [4.69, 9.17) is 0 Å². The average Bonchev–Trinajstić information content (AvgIpc) is 3.04. The Morgan fingerprint density at radius 3 is 2.83 bits per heavy atom. The van der Waals surface area contributed by atoms with E-state index in [1.807, 2.05) is 0 Å². The Balaban J connectivity index is 1.78. The number of halogens is 2. The molecule has 1 aliphatic heterocycles. The molecule has 3 rings (SSSR count). The first-order valence-corrected chi connectivity index (χ1v) is 7.50. The van der Waals surface area contributed by atoms with Gasteiger partial charge in [0.15, 0.2) is 0 Å². The van der Waals surface area contributed by atoms with Gasteiger partial charge in [-0.2, -0.15) is 8.78 Å². The van der Waals surface area contributed by atoms with Crippen molar-refractivity contribution in [2.45, 2.75) is 25.9 Å². The fourth-order valence-corrected chi connectivity index (χ4v) is 3.78. The molecule has 1 amide bonds. The molecule has 7 heteroatoms. The number of ether oxygens (including phenoxy) is 1. The number of likely N-dealkylation sites (tertiary alicyclic amines) is 1. The molecule has 1 aliphatic carbocycles. The maximum Gasteiger partial charge on any atom is 0.387 e. The molecule has 1 heterocycles. The van der Waals surface area contributed by atoms with E-state index in [1.165, 1.54) is 29.2 Å². The fraction of sp³-hybridized carbons (Fsp3) is 0.500. The molecule has 5 nitrogen and oxygen atoms in total. The molecule has 1 saturated carbocycles. The van der Waals surface area contributed by atoms with Gasteiger partial charge in [0, 0.05) is 18.7 Å². The lowest BCUT2D eigenvalue weighted by Gasteiger charge is -2.23. The second kappa shape index (κ2) is 5.79. The summed E-state index contributed by atoms with van der Waals surface area (Å²) in [7, 11) is 0. The van der Waals surface area contributed by atoms with Gasteiger partial charge in [0.1, 0.15) is 5.75 Å². The largest absolute Gasteiger partial charge is 0.481 e. The number of carboxylic acid groups (broad SMARTS) is 1. The second-order valence-corrected chi connectivity index (χ2v) is 6.14. The predicted molar refractivity (Wildman–Crippen MR) is 76.4 cm³/mol. The van der Waals surface area contributed by atoms with Crippen LogP contribution in [0.5, 0.6) is 5.75 Å². The summed E-state index contributed by atoms with van der Waals surface area (Å²) in [6.45, 7) is -2.39. The van der Waals surface area contributed by atoms with Crippen molar-refractivity contribution in [2.24, 2.45) is 11.3 Å². The smallest absolute Gasteiger partial charge is 0.387 e. The number of carboxylic acids is 1. The third-order valence-electron chi connectivity index (χ3n) is 4.89. The van der Waals surface area contributed by atoms with Crippen molar-refractivity contribution < 1.29 is 28.2 Å². The van der Waals surface area contributed by atoms with Crippen LogP contribution in [0.1, 0.15) is 29.6 Å². The highest BCUT2D eigenvalue weighted by atomic mass is 19.3. The normalized spacial score (nSPS) is 26.4. The van der Waals surface area contributed by atoms with E-state index in [0.717, 1.165) is 12.8 Å². The van der Waals surface area contributed by atoms with Gasteiger partial charge in [-0.1, -0.05) is 12.5 Å². The number of carbonyl (C=O) groups excluding carboxylic acids is 1. The van der Waals surface area contributed by atoms with Crippen molar-refractivity contribution in [3.05, 3.63) is 29.8 Å². The van der Waals surface area contributed by atoms with Crippen LogP contribution in [-0.4, -0.2) is 41.6 Å². The molecule has 2 atom stereocenters. The first-order valence-electron chi connectivity index (χ1n) is 7.50. The van der Waals surface area contributed by atoms with Gasteiger partial charge in [-0.25, -0.2) is 0 Å². The van der Waals surface area contributed by atoms with Crippen LogP contribution in [0.2, 0.25) is 0 Å². The van der Waals surface area contributed by atoms with Crippen LogP contribution < -0.4 is 4.74 Å². The van der Waals surface area contributed by atoms with Crippen LogP contribution >= 0.6 is 0 Å². The average molecular weight is 325 g/mol. The highest BCUT2D eigenvalue weighted by Gasteiger charge is 2.55. The molecule has 124 valence electrons. The van der Waals surface area contributed by atoms with Crippen LogP contribution in [-0.2, 0) is 4.79 Å². The Morgan fingerprint density at radius 2 is 2.17 bits per heavy atom. The lowest BCUT2D eigenvalue weighted by molar-refractivity contribution is -0.149. The van der Waals surface area contributed by atoms with Crippen LogP contribution in [0, 0.1) is 11.3 Å². The zero-order chi connectivity index (χ0) is 16.6. The summed E-state index contributed by atoms with van der Waals surface area (Å²) in [5.74, 6) is -1.33. The summed E-state index contributed by atoms with van der Waals surface area (Å²) >= 11 is 0. The standard InChI is InChI=1S/C16H17F2NO4/c17-15(18)23-12-5-1-3-10(7-12)13(20)19-8-11-4-2-6-16(11,9-19)14(21)22/h1,3,5,7,11,15H,2,4,6,8-9H2,(H,21,22)/t11-,16+/m0/s1. The van der Waals surface area contributed by atoms with Crippen molar-refractivity contribution >= 4 is 11.9 Å². The monoisotopic (exact) mass is 325 g/mol. The SMILES string of the molecule is O=C(c1cccc(OC(F)F)c1)N1C[C@@H]2CCC[C@@]2(C(=O)O)C1. The number of aliphatic carboxylic acids is 1. The zero-order valence-corrected chi connectivity index (χ0v) is 12.4. The Kier molecular flexibility index (Phi) is 3.95. The van der Waals surface area contributed by atoms with E-state index < -0.39 is 18.0 Å². The molecule has 1 aromatic rings. The van der Waals surface area contributed by atoms with Gasteiger partial charge in [0.2, 0.25) is 0 Å². The molecule has 0 bridgehead atoms. The molecule has 0 radical (unpaired) electrons. The third kappa shape index (κ3) is 2.75. The van der Waals surface area contributed by atoms with Gasteiger partial charge in [-0.3, -0.25) is 9.59 Å². The lowest BCUT2D eigenvalue weighted by atomic mass is 9.81. The number of alkyl halides is 2. The fourth-order valence-electron chi connectivity index (χ4n) is 3.78. The third-order valence-corrected chi connectivity index (χ3v) is 4.89. The molecule has 1 aromatic carbocycles. The number of benzene rings is 1. The van der Waals surface area contributed by atoms with Gasteiger partial charge in [0.25, 0.3) is 5.91 Å². The topological polar surface area (TPSA) is 66.8 Å². The van der Waals surface area contributed by atoms with Crippen LogP contribution in [0.4, 0.5) is 8.78 Å². The van der Waals surface area contributed by atoms with Crippen LogP contribution in [0.25, 0.3) is 0 Å². The molecule has 0 spiro atoms. The first-order chi connectivity index (χ1) is 10.9. The summed E-state index contributed by atoms with van der Waals surface area (Å²) in [6, 6.07) is 5.59. The van der Waals surface area contributed by atoms with Crippen molar-refractivity contribution in [2.75, 3.05) is 13.1 Å². The molecular formula is C16H17F2NO4. The summed E-state index contributed by atoms with van der Waals surface area (Å²) in [5, 5.41) is 9.55. The maximum atomic E-state index is 12.6. The quantitative estimate of drug-likeness (QED) is 0.924. The predicted octanol–water partition coefficient (Wildman–Crippen LogP) is 2.61. The molecule has 0 aromatic heterocycles. The number of hydrogen-bond donors (Lipinski definition) is 1. The van der Waals surface area contributed by atoms with Gasteiger partial charge >= 0.3 is 12.6 Å². The van der Waals surface area contributed by atoms with E-state index in [9.17, 15) is 23.5 Å². The molecule has 1 N–H and O–H groups in total. The Labute approximate surface area is 131 Å². The molecule has 0 unspecified atom stereocenters. The molecule has 1 saturated heterocycles. The molecule has 2 aliphatic rings. The molecular weight excluding hydrogens is 308 g/mol. The van der Waals surface area contributed by atoms with Crippen molar-refractivity contribution in [1.82, 2.24) is 4.90 Å². The number of hydrogen-bond acceptors (Lipinski definition) is 3. The zero-order valence-electron chi connectivity index (χ0n) is 12.4. The highest BCUT2D eigenvalue weighted by molar-refractivity contribution is 5.95. The number of rotatable bonds is 4. The van der Waals surface area contributed by atoms with E-state index in [2.05, 4.69) is 4.74 Å². The number of nitrogens with zero attached hydrogens (tertiary/aromatic N) is 1. The van der Waals surface area contributed by atoms with Crippen LogP contribution in [0.15, 0.2) is 24.3 Å². The van der Waals surface area contributed by atoms with Gasteiger partial charge in [-0.05, 0) is 37.0 Å². The number of amides is 1. The molecule has 2 fully saturated rings. The summed E-state index contributed by atoms with van der Waals surface area (Å²) in [6.07, 6.45) is 2.23. The van der Waals surface area contributed by atoms with Gasteiger partial charge < -0.3 is 14.7 Å². The minimum absolute atomic E-state index is 0.0375. The Hall–Kier alpha value is -2.18. The van der Waals surface area contributed by atoms with Crippen molar-refractivity contribution in [1.29, 1.82) is 0 Å². The summed E-state index contributed by atoms with van der Waals surface area (Å²) < 4.78 is 28.8. The number of fused-ring (bicyclic) bond motifs is 1. The Bertz CT molecular complexity index is 636. The second-order valence-electron chi connectivity index (χ2n) is 6.14. The maximum absolute atomic E-state index is 12.6. The summed E-state index contributed by atoms with van der Waals surface area (Å²) in [4.78, 5) is 25.7. The minimum atomic E-state index is -2.96. The molecule has 23 heavy (non-hydrogen) atoms. The Morgan fingerprint density at radius 1 is 1.39 bits per heavy atom. The van der Waals surface area contributed by atoms with Crippen molar-refractivity contribution in [3.63, 3.8) is 0 Å². The highest BCUT2D eigenvalue weighted by Crippen LogP contribution is 2.49. The van der Waals surface area contributed by atoms with Crippen molar-refractivity contribution in [3.8, 4) is 5.75 Å². The lowest BCUT2D eigenvalue weighted by Crippen LogP contribution is -2.37. The van der Waals surface area contributed by atoms with E-state index in [1.54, 1.807) is 0 Å². The van der Waals surface area contributed by atoms with Gasteiger partial charge in [-0.15, -0.1) is 0 Å². The van der Waals surface area contributed by atoms with E-state index in [-0.39, 0.29) is 29.7 Å². The number of carbonyl (C=O) groups is 2. The van der Waals surface area contributed by atoms with Gasteiger partial charge in [0.05, 0.1) is 5.41 Å². The first kappa shape index (κ1) is 15.7. The van der Waals surface area contributed by atoms with Crippen LogP contribution in [0.3, 0.4) is 0 Å². The van der Waals surface area contributed by atoms with E-state index >= 15 is 0 Å². The van der Waals surface area contributed by atoms with E-state index in [0.29, 0.717) is 13.0 Å². The minimum Gasteiger partial charge on any atom is -0.481 e.